The number of aryl methyl sites for hydroxylation is 1. The first-order chi connectivity index (χ1) is 11.6. The summed E-state index contributed by atoms with van der Waals surface area (Å²) in [5, 5.41) is 8.40. The summed E-state index contributed by atoms with van der Waals surface area (Å²) in [7, 11) is 0. The number of hydrogen-bond donors (Lipinski definition) is 3. The maximum atomic E-state index is 12.1. The highest BCUT2D eigenvalue weighted by Gasteiger charge is 2.05. The minimum atomic E-state index is -0.211. The minimum Gasteiger partial charge on any atom is -0.348 e. The number of rotatable bonds is 6. The Kier molecular flexibility index (Phi) is 6.37. The lowest BCUT2D eigenvalue weighted by Crippen LogP contribution is -2.29. The fourth-order valence-corrected chi connectivity index (χ4v) is 2.11. The topological polar surface area (TPSA) is 70.2 Å². The summed E-state index contributed by atoms with van der Waals surface area (Å²) < 4.78 is 0. The molecular formula is C19H23N3O2. The Bertz CT molecular complexity index is 679. The molecule has 0 fully saturated rings. The van der Waals surface area contributed by atoms with Gasteiger partial charge in [0.25, 0.3) is 5.91 Å². The quantitative estimate of drug-likeness (QED) is 0.761. The minimum absolute atomic E-state index is 0.101. The average molecular weight is 325 g/mol. The molecule has 0 atom stereocenters. The van der Waals surface area contributed by atoms with Crippen molar-refractivity contribution in [3.05, 3.63) is 65.2 Å². The zero-order chi connectivity index (χ0) is 17.4. The number of benzene rings is 2. The molecule has 2 aromatic carbocycles. The molecule has 2 aromatic rings. The van der Waals surface area contributed by atoms with Crippen LogP contribution >= 0.6 is 0 Å². The van der Waals surface area contributed by atoms with Gasteiger partial charge < -0.3 is 16.0 Å². The lowest BCUT2D eigenvalue weighted by molar-refractivity contribution is 0.0951. The summed E-state index contributed by atoms with van der Waals surface area (Å²) in [6.07, 6.45) is 0.896. The van der Waals surface area contributed by atoms with Crippen molar-refractivity contribution in [1.29, 1.82) is 0 Å². The fraction of sp³-hybridized carbons (Fsp3) is 0.263. The average Bonchev–Trinajstić information content (AvgIpc) is 2.59. The van der Waals surface area contributed by atoms with E-state index < -0.39 is 0 Å². The van der Waals surface area contributed by atoms with Crippen molar-refractivity contribution in [2.24, 2.45) is 0 Å². The smallest absolute Gasteiger partial charge is 0.319 e. The van der Waals surface area contributed by atoms with Crippen molar-refractivity contribution in [3.8, 4) is 0 Å². The maximum absolute atomic E-state index is 12.1. The molecule has 126 valence electrons. The van der Waals surface area contributed by atoms with Gasteiger partial charge in [-0.3, -0.25) is 4.79 Å². The number of nitrogens with one attached hydrogen (secondary N) is 3. The predicted molar refractivity (Wildman–Crippen MR) is 96.1 cm³/mol. The number of urea groups is 1. The Balaban J connectivity index is 1.84. The summed E-state index contributed by atoms with van der Waals surface area (Å²) in [6, 6.07) is 14.6. The molecule has 0 aliphatic heterocycles. The van der Waals surface area contributed by atoms with Crippen LogP contribution in [0.4, 0.5) is 10.5 Å². The van der Waals surface area contributed by atoms with E-state index in [9.17, 15) is 9.59 Å². The second kappa shape index (κ2) is 8.72. The third-order valence-electron chi connectivity index (χ3n) is 3.51. The van der Waals surface area contributed by atoms with Crippen LogP contribution in [0, 0.1) is 6.92 Å². The lowest BCUT2D eigenvalue weighted by Gasteiger charge is -2.09. The van der Waals surface area contributed by atoms with Crippen molar-refractivity contribution in [2.45, 2.75) is 26.8 Å². The monoisotopic (exact) mass is 325 g/mol. The zero-order valence-electron chi connectivity index (χ0n) is 14.1. The molecule has 0 aromatic heterocycles. The Morgan fingerprint density at radius 1 is 0.917 bits per heavy atom. The number of amides is 3. The van der Waals surface area contributed by atoms with E-state index in [0.717, 1.165) is 23.2 Å². The first-order valence-corrected chi connectivity index (χ1v) is 8.07. The summed E-state index contributed by atoms with van der Waals surface area (Å²) in [5.74, 6) is -0.101. The molecule has 5 nitrogen and oxygen atoms in total. The highest BCUT2D eigenvalue weighted by molar-refractivity contribution is 5.94. The van der Waals surface area contributed by atoms with E-state index in [0.29, 0.717) is 18.7 Å². The zero-order valence-corrected chi connectivity index (χ0v) is 14.1. The van der Waals surface area contributed by atoms with Gasteiger partial charge in [0.2, 0.25) is 0 Å². The molecule has 2 rings (SSSR count). The van der Waals surface area contributed by atoms with E-state index in [-0.39, 0.29) is 11.9 Å². The number of hydrogen-bond acceptors (Lipinski definition) is 2. The molecule has 0 radical (unpaired) electrons. The number of carbonyl (C=O) groups excluding carboxylic acids is 2. The van der Waals surface area contributed by atoms with Crippen LogP contribution in [0.15, 0.2) is 48.5 Å². The van der Waals surface area contributed by atoms with Gasteiger partial charge in [-0.2, -0.15) is 0 Å². The molecule has 0 unspecified atom stereocenters. The van der Waals surface area contributed by atoms with Crippen molar-refractivity contribution in [1.82, 2.24) is 10.6 Å². The third kappa shape index (κ3) is 5.43. The van der Waals surface area contributed by atoms with Crippen LogP contribution in [0.25, 0.3) is 0 Å². The van der Waals surface area contributed by atoms with Crippen LogP contribution in [-0.4, -0.2) is 18.5 Å². The molecule has 0 saturated carbocycles. The first-order valence-electron chi connectivity index (χ1n) is 8.07. The molecule has 5 heteroatoms. The van der Waals surface area contributed by atoms with Gasteiger partial charge >= 0.3 is 6.03 Å². The van der Waals surface area contributed by atoms with E-state index >= 15 is 0 Å². The Morgan fingerprint density at radius 3 is 2.21 bits per heavy atom. The van der Waals surface area contributed by atoms with Crippen molar-refractivity contribution >= 4 is 17.6 Å². The second-order valence-corrected chi connectivity index (χ2v) is 5.63. The highest BCUT2D eigenvalue weighted by Crippen LogP contribution is 2.10. The normalized spacial score (nSPS) is 10.1. The first kappa shape index (κ1) is 17.5. The van der Waals surface area contributed by atoms with E-state index in [1.54, 1.807) is 0 Å². The van der Waals surface area contributed by atoms with Crippen molar-refractivity contribution in [2.75, 3.05) is 11.9 Å². The van der Waals surface area contributed by atoms with Crippen LogP contribution in [0.5, 0.6) is 0 Å². The number of anilines is 1. The standard InChI is InChI=1S/C19H23N3O2/c1-3-12-20-19(24)22-17-10-6-15(7-11-17)13-21-18(23)16-8-4-14(2)5-9-16/h4-11H,3,12-13H2,1-2H3,(H,21,23)(H2,20,22,24). The SMILES string of the molecule is CCCNC(=O)Nc1ccc(CNC(=O)c2ccc(C)cc2)cc1. The maximum Gasteiger partial charge on any atom is 0.319 e. The lowest BCUT2D eigenvalue weighted by atomic mass is 10.1. The molecule has 0 aliphatic carbocycles. The molecule has 24 heavy (non-hydrogen) atoms. The predicted octanol–water partition coefficient (Wildman–Crippen LogP) is 3.46. The van der Waals surface area contributed by atoms with Gasteiger partial charge in [-0.1, -0.05) is 36.8 Å². The van der Waals surface area contributed by atoms with E-state index in [1.807, 2.05) is 62.4 Å². The van der Waals surface area contributed by atoms with Gasteiger partial charge in [0.05, 0.1) is 0 Å². The third-order valence-corrected chi connectivity index (χ3v) is 3.51. The van der Waals surface area contributed by atoms with E-state index in [1.165, 1.54) is 0 Å². The van der Waals surface area contributed by atoms with Crippen LogP contribution in [0.3, 0.4) is 0 Å². The van der Waals surface area contributed by atoms with Crippen LogP contribution in [0.1, 0.15) is 34.8 Å². The molecule has 0 spiro atoms. The van der Waals surface area contributed by atoms with Crippen LogP contribution in [-0.2, 0) is 6.54 Å². The van der Waals surface area contributed by atoms with Crippen molar-refractivity contribution < 1.29 is 9.59 Å². The summed E-state index contributed by atoms with van der Waals surface area (Å²) >= 11 is 0. The summed E-state index contributed by atoms with van der Waals surface area (Å²) in [5.41, 5.74) is 3.45. The van der Waals surface area contributed by atoms with Crippen LogP contribution < -0.4 is 16.0 Å². The van der Waals surface area contributed by atoms with E-state index in [4.69, 9.17) is 0 Å². The fourth-order valence-electron chi connectivity index (χ4n) is 2.11. The molecule has 3 N–H and O–H groups in total. The Hall–Kier alpha value is -2.82. The van der Waals surface area contributed by atoms with Gasteiger partial charge in [0.1, 0.15) is 0 Å². The molecule has 0 saturated heterocycles. The molecular weight excluding hydrogens is 302 g/mol. The van der Waals surface area contributed by atoms with Gasteiger partial charge in [0, 0.05) is 24.3 Å². The highest BCUT2D eigenvalue weighted by atomic mass is 16.2. The second-order valence-electron chi connectivity index (χ2n) is 5.63. The van der Waals surface area contributed by atoms with Gasteiger partial charge in [-0.15, -0.1) is 0 Å². The van der Waals surface area contributed by atoms with Gasteiger partial charge in [-0.05, 0) is 43.2 Å². The number of carbonyl (C=O) groups is 2. The summed E-state index contributed by atoms with van der Waals surface area (Å²) in [4.78, 5) is 23.6. The van der Waals surface area contributed by atoms with Crippen LogP contribution in [0.2, 0.25) is 0 Å². The molecule has 0 heterocycles. The molecule has 0 aliphatic rings. The summed E-state index contributed by atoms with van der Waals surface area (Å²) in [6.45, 7) is 5.07. The Morgan fingerprint density at radius 2 is 1.58 bits per heavy atom. The van der Waals surface area contributed by atoms with E-state index in [2.05, 4.69) is 16.0 Å². The van der Waals surface area contributed by atoms with Crippen molar-refractivity contribution in [3.63, 3.8) is 0 Å². The molecule has 3 amide bonds. The Labute approximate surface area is 142 Å². The van der Waals surface area contributed by atoms with Gasteiger partial charge in [-0.25, -0.2) is 4.79 Å². The molecule has 0 bridgehead atoms. The van der Waals surface area contributed by atoms with Gasteiger partial charge in [0.15, 0.2) is 0 Å². The largest absolute Gasteiger partial charge is 0.348 e.